The van der Waals surface area contributed by atoms with Crippen molar-refractivity contribution in [1.29, 1.82) is 0 Å². The molecule has 120 valence electrons. The number of carbonyl (C=O) groups excluding carboxylic acids is 3. The number of ether oxygens (including phenoxy) is 1. The third kappa shape index (κ3) is 7.49. The molecule has 0 unspecified atom stereocenters. The molecule has 0 fully saturated rings. The molecule has 1 aromatic rings. The molecule has 0 atom stereocenters. The van der Waals surface area contributed by atoms with E-state index in [1.54, 1.807) is 30.3 Å². The van der Waals surface area contributed by atoms with E-state index >= 15 is 0 Å². The Kier molecular flexibility index (Phi) is 8.44. The van der Waals surface area contributed by atoms with Crippen molar-refractivity contribution in [2.75, 3.05) is 32.1 Å². The smallest absolute Gasteiger partial charge is 0.407 e. The van der Waals surface area contributed by atoms with Gasteiger partial charge in [-0.25, -0.2) is 4.79 Å². The van der Waals surface area contributed by atoms with Crippen molar-refractivity contribution in [3.63, 3.8) is 0 Å². The first kappa shape index (κ1) is 17.8. The molecule has 0 radical (unpaired) electrons. The van der Waals surface area contributed by atoms with Crippen LogP contribution in [0.5, 0.6) is 0 Å². The second-order valence-electron chi connectivity index (χ2n) is 4.15. The van der Waals surface area contributed by atoms with Crippen LogP contribution in [0.1, 0.15) is 10.4 Å². The van der Waals surface area contributed by atoms with Gasteiger partial charge in [0, 0.05) is 18.7 Å². The van der Waals surface area contributed by atoms with Gasteiger partial charge >= 0.3 is 6.09 Å². The summed E-state index contributed by atoms with van der Waals surface area (Å²) in [5.41, 5.74) is 0.485. The molecule has 1 rings (SSSR count). The third-order valence-corrected chi connectivity index (χ3v) is 2.63. The van der Waals surface area contributed by atoms with Crippen LogP contribution in [-0.4, -0.2) is 50.0 Å². The van der Waals surface area contributed by atoms with Crippen molar-refractivity contribution in [1.82, 2.24) is 16.0 Å². The highest BCUT2D eigenvalue weighted by molar-refractivity contribution is 6.18. The van der Waals surface area contributed by atoms with Crippen LogP contribution in [0, 0.1) is 0 Å². The highest BCUT2D eigenvalue weighted by Crippen LogP contribution is 1.97. The van der Waals surface area contributed by atoms with Crippen molar-refractivity contribution in [2.45, 2.75) is 0 Å². The number of nitrogens with one attached hydrogen (secondary N) is 3. The van der Waals surface area contributed by atoms with E-state index in [0.29, 0.717) is 5.56 Å². The second-order valence-corrected chi connectivity index (χ2v) is 4.53. The van der Waals surface area contributed by atoms with Crippen LogP contribution >= 0.6 is 11.6 Å². The molecule has 3 amide bonds. The highest BCUT2D eigenvalue weighted by atomic mass is 35.5. The van der Waals surface area contributed by atoms with E-state index < -0.39 is 6.09 Å². The SMILES string of the molecule is O=C(CNC(=O)c1ccccc1)NCCNC(=O)OCCCl. The van der Waals surface area contributed by atoms with Crippen molar-refractivity contribution in [3.05, 3.63) is 35.9 Å². The fourth-order valence-electron chi connectivity index (χ4n) is 1.46. The van der Waals surface area contributed by atoms with Crippen LogP contribution < -0.4 is 16.0 Å². The zero-order chi connectivity index (χ0) is 16.2. The molecule has 0 aliphatic rings. The molecule has 7 nitrogen and oxygen atoms in total. The topological polar surface area (TPSA) is 96.5 Å². The Labute approximate surface area is 133 Å². The van der Waals surface area contributed by atoms with Gasteiger partial charge in [-0.05, 0) is 12.1 Å². The van der Waals surface area contributed by atoms with Crippen LogP contribution in [0.3, 0.4) is 0 Å². The van der Waals surface area contributed by atoms with Gasteiger partial charge in [-0.3, -0.25) is 9.59 Å². The average molecular weight is 328 g/mol. The minimum absolute atomic E-state index is 0.130. The van der Waals surface area contributed by atoms with E-state index in [4.69, 9.17) is 11.6 Å². The van der Waals surface area contributed by atoms with E-state index in [-0.39, 0.29) is 43.9 Å². The highest BCUT2D eigenvalue weighted by Gasteiger charge is 2.07. The van der Waals surface area contributed by atoms with Gasteiger partial charge in [0.2, 0.25) is 5.91 Å². The lowest BCUT2D eigenvalue weighted by molar-refractivity contribution is -0.120. The first-order valence-electron chi connectivity index (χ1n) is 6.70. The number of alkyl halides is 1. The lowest BCUT2D eigenvalue weighted by Crippen LogP contribution is -2.40. The largest absolute Gasteiger partial charge is 0.448 e. The summed E-state index contributed by atoms with van der Waals surface area (Å²) in [6.45, 7) is 0.450. The summed E-state index contributed by atoms with van der Waals surface area (Å²) in [6, 6.07) is 8.59. The van der Waals surface area contributed by atoms with Gasteiger partial charge in [-0.1, -0.05) is 18.2 Å². The number of halogens is 1. The number of carbonyl (C=O) groups is 3. The maximum absolute atomic E-state index is 11.7. The molecule has 8 heteroatoms. The summed E-state index contributed by atoms with van der Waals surface area (Å²) < 4.78 is 4.67. The van der Waals surface area contributed by atoms with Gasteiger partial charge in [0.25, 0.3) is 5.91 Å². The molecule has 0 saturated heterocycles. The quantitative estimate of drug-likeness (QED) is 0.478. The predicted molar refractivity (Wildman–Crippen MR) is 81.9 cm³/mol. The molecule has 22 heavy (non-hydrogen) atoms. The van der Waals surface area contributed by atoms with E-state index in [2.05, 4.69) is 20.7 Å². The van der Waals surface area contributed by atoms with Gasteiger partial charge in [0.1, 0.15) is 6.61 Å². The summed E-state index contributed by atoms with van der Waals surface area (Å²) in [4.78, 5) is 34.3. The molecule has 0 aliphatic heterocycles. The zero-order valence-electron chi connectivity index (χ0n) is 11.9. The lowest BCUT2D eigenvalue weighted by atomic mass is 10.2. The van der Waals surface area contributed by atoms with E-state index in [9.17, 15) is 14.4 Å². The minimum atomic E-state index is -0.590. The zero-order valence-corrected chi connectivity index (χ0v) is 12.7. The van der Waals surface area contributed by atoms with Crippen molar-refractivity contribution < 1.29 is 19.1 Å². The Morgan fingerprint density at radius 1 is 1.00 bits per heavy atom. The van der Waals surface area contributed by atoms with Crippen LogP contribution in [0.25, 0.3) is 0 Å². The van der Waals surface area contributed by atoms with Gasteiger partial charge in [-0.2, -0.15) is 0 Å². The van der Waals surface area contributed by atoms with Gasteiger partial charge in [-0.15, -0.1) is 11.6 Å². The summed E-state index contributed by atoms with van der Waals surface area (Å²) in [5, 5.41) is 7.49. The normalized spacial score (nSPS) is 9.68. The van der Waals surface area contributed by atoms with Crippen LogP contribution in [0.4, 0.5) is 4.79 Å². The summed E-state index contributed by atoms with van der Waals surface area (Å²) in [6.07, 6.45) is -0.590. The summed E-state index contributed by atoms with van der Waals surface area (Å²) in [5.74, 6) is -0.440. The standard InChI is InChI=1S/C14H18ClN3O4/c15-6-9-22-14(21)17-8-7-16-12(19)10-18-13(20)11-4-2-1-3-5-11/h1-5H,6-10H2,(H,16,19)(H,17,21)(H,18,20). The Hall–Kier alpha value is -2.28. The number of rotatable bonds is 8. The molecule has 0 bridgehead atoms. The molecule has 1 aromatic carbocycles. The van der Waals surface area contributed by atoms with Crippen molar-refractivity contribution in [3.8, 4) is 0 Å². The molecule has 0 aliphatic carbocycles. The summed E-state index contributed by atoms with van der Waals surface area (Å²) >= 11 is 5.36. The van der Waals surface area contributed by atoms with E-state index in [0.717, 1.165) is 0 Å². The maximum Gasteiger partial charge on any atom is 0.407 e. The molecular weight excluding hydrogens is 310 g/mol. The van der Waals surface area contributed by atoms with E-state index in [1.807, 2.05) is 0 Å². The molecule has 0 heterocycles. The second kappa shape index (κ2) is 10.4. The van der Waals surface area contributed by atoms with Crippen LogP contribution in [0.15, 0.2) is 30.3 Å². The minimum Gasteiger partial charge on any atom is -0.448 e. The molecule has 3 N–H and O–H groups in total. The van der Waals surface area contributed by atoms with Gasteiger partial charge in [0.15, 0.2) is 0 Å². The molecule has 0 spiro atoms. The van der Waals surface area contributed by atoms with Crippen LogP contribution in [-0.2, 0) is 9.53 Å². The van der Waals surface area contributed by atoms with Crippen LogP contribution in [0.2, 0.25) is 0 Å². The number of amides is 3. The number of alkyl carbamates (subject to hydrolysis) is 1. The average Bonchev–Trinajstić information content (AvgIpc) is 2.55. The predicted octanol–water partition coefficient (Wildman–Crippen LogP) is 0.498. The van der Waals surface area contributed by atoms with Gasteiger partial charge < -0.3 is 20.7 Å². The maximum atomic E-state index is 11.7. The fourth-order valence-corrected chi connectivity index (χ4v) is 1.54. The molecule has 0 saturated carbocycles. The first-order chi connectivity index (χ1) is 10.6. The van der Waals surface area contributed by atoms with Crippen molar-refractivity contribution in [2.24, 2.45) is 0 Å². The van der Waals surface area contributed by atoms with Crippen molar-refractivity contribution >= 4 is 29.5 Å². The van der Waals surface area contributed by atoms with E-state index in [1.165, 1.54) is 0 Å². The number of benzene rings is 1. The molecule has 0 aromatic heterocycles. The summed E-state index contributed by atoms with van der Waals surface area (Å²) in [7, 11) is 0. The lowest BCUT2D eigenvalue weighted by Gasteiger charge is -2.08. The third-order valence-electron chi connectivity index (χ3n) is 2.47. The Morgan fingerprint density at radius 2 is 1.68 bits per heavy atom. The van der Waals surface area contributed by atoms with Gasteiger partial charge in [0.05, 0.1) is 12.4 Å². The monoisotopic (exact) mass is 327 g/mol. The molecular formula is C14H18ClN3O4. The first-order valence-corrected chi connectivity index (χ1v) is 7.23. The Morgan fingerprint density at radius 3 is 2.36 bits per heavy atom. The Balaban J connectivity index is 2.11. The number of hydrogen-bond acceptors (Lipinski definition) is 4. The number of hydrogen-bond donors (Lipinski definition) is 3. The Bertz CT molecular complexity index is 496. The fraction of sp³-hybridized carbons (Fsp3) is 0.357.